The summed E-state index contributed by atoms with van der Waals surface area (Å²) in [6.07, 6.45) is 3.01. The maximum atomic E-state index is 5.41. The van der Waals surface area contributed by atoms with Crippen molar-refractivity contribution in [3.8, 4) is 0 Å². The second kappa shape index (κ2) is 7.08. The Hall–Kier alpha value is -0.840. The minimum atomic E-state index is 0.292. The number of nitrogens with zero attached hydrogens (tertiary/aromatic N) is 2. The second-order valence-electron chi connectivity index (χ2n) is 5.69. The molecule has 1 aromatic heterocycles. The third kappa shape index (κ3) is 4.34. The van der Waals surface area contributed by atoms with E-state index < -0.39 is 0 Å². The predicted molar refractivity (Wildman–Crippen MR) is 78.3 cm³/mol. The van der Waals surface area contributed by atoms with Gasteiger partial charge in [0.25, 0.3) is 0 Å². The van der Waals surface area contributed by atoms with Crippen LogP contribution < -0.4 is 5.32 Å². The highest BCUT2D eigenvalue weighted by Gasteiger charge is 2.19. The molecule has 19 heavy (non-hydrogen) atoms. The van der Waals surface area contributed by atoms with E-state index in [0.29, 0.717) is 12.1 Å². The van der Waals surface area contributed by atoms with Crippen LogP contribution in [0.15, 0.2) is 22.8 Å². The van der Waals surface area contributed by atoms with Gasteiger partial charge >= 0.3 is 0 Å². The summed E-state index contributed by atoms with van der Waals surface area (Å²) < 4.78 is 5.41. The maximum absolute atomic E-state index is 5.41. The Labute approximate surface area is 116 Å². The van der Waals surface area contributed by atoms with Gasteiger partial charge in [0.2, 0.25) is 0 Å². The Morgan fingerprint density at radius 1 is 1.47 bits per heavy atom. The summed E-state index contributed by atoms with van der Waals surface area (Å²) in [6.45, 7) is 10.2. The summed E-state index contributed by atoms with van der Waals surface area (Å²) in [4.78, 5) is 5.02. The lowest BCUT2D eigenvalue weighted by Gasteiger charge is -2.28. The second-order valence-corrected chi connectivity index (χ2v) is 5.69. The molecule has 1 aliphatic heterocycles. The molecule has 1 fully saturated rings. The van der Waals surface area contributed by atoms with Crippen LogP contribution in [0.3, 0.4) is 0 Å². The first-order valence-electron chi connectivity index (χ1n) is 7.36. The van der Waals surface area contributed by atoms with Crippen LogP contribution in [-0.2, 0) is 0 Å². The predicted octanol–water partition coefficient (Wildman–Crippen LogP) is 1.96. The molecule has 2 heterocycles. The smallest absolute Gasteiger partial charge is 0.120 e. The van der Waals surface area contributed by atoms with Gasteiger partial charge in [-0.15, -0.1) is 0 Å². The molecule has 1 aliphatic rings. The van der Waals surface area contributed by atoms with E-state index in [-0.39, 0.29) is 0 Å². The third-order valence-electron chi connectivity index (χ3n) is 4.00. The van der Waals surface area contributed by atoms with Gasteiger partial charge in [-0.25, -0.2) is 0 Å². The summed E-state index contributed by atoms with van der Waals surface area (Å²) in [5.41, 5.74) is 0. The molecule has 1 N–H and O–H groups in total. The zero-order chi connectivity index (χ0) is 13.7. The van der Waals surface area contributed by atoms with Crippen LogP contribution in [0.1, 0.15) is 32.1 Å². The van der Waals surface area contributed by atoms with E-state index in [9.17, 15) is 0 Å². The van der Waals surface area contributed by atoms with E-state index in [2.05, 4.69) is 36.0 Å². The summed E-state index contributed by atoms with van der Waals surface area (Å²) in [6, 6.07) is 4.91. The minimum absolute atomic E-state index is 0.292. The number of nitrogens with one attached hydrogen (secondary N) is 1. The fourth-order valence-corrected chi connectivity index (χ4v) is 2.82. The van der Waals surface area contributed by atoms with Gasteiger partial charge in [0.05, 0.1) is 12.3 Å². The SMILES string of the molecule is CC(NCCN1CCCN(C)CC1C)c1ccco1. The standard InChI is InChI=1S/C15H27N3O/c1-13-12-17(3)8-5-9-18(13)10-7-16-14(2)15-6-4-11-19-15/h4,6,11,13-14,16H,5,7-10,12H2,1-3H3. The van der Waals surface area contributed by atoms with E-state index in [1.54, 1.807) is 6.26 Å². The summed E-state index contributed by atoms with van der Waals surface area (Å²) in [7, 11) is 2.22. The maximum Gasteiger partial charge on any atom is 0.120 e. The Morgan fingerprint density at radius 3 is 3.05 bits per heavy atom. The lowest BCUT2D eigenvalue weighted by Crippen LogP contribution is -2.41. The van der Waals surface area contributed by atoms with E-state index >= 15 is 0 Å². The molecule has 0 aliphatic carbocycles. The van der Waals surface area contributed by atoms with Gasteiger partial charge in [-0.3, -0.25) is 4.90 Å². The molecule has 2 atom stereocenters. The number of likely N-dealkylation sites (N-methyl/N-ethyl adjacent to an activating group) is 1. The molecule has 1 saturated heterocycles. The Bertz CT molecular complexity index is 352. The number of hydrogen-bond acceptors (Lipinski definition) is 4. The van der Waals surface area contributed by atoms with Gasteiger partial charge in [0.15, 0.2) is 0 Å². The largest absolute Gasteiger partial charge is 0.468 e. The topological polar surface area (TPSA) is 31.6 Å². The Kier molecular flexibility index (Phi) is 5.43. The molecule has 0 spiro atoms. The first kappa shape index (κ1) is 14.6. The molecule has 4 heteroatoms. The first-order valence-corrected chi connectivity index (χ1v) is 7.36. The molecular formula is C15H27N3O. The summed E-state index contributed by atoms with van der Waals surface area (Å²) >= 11 is 0. The Morgan fingerprint density at radius 2 is 2.32 bits per heavy atom. The molecule has 0 amide bonds. The van der Waals surface area contributed by atoms with E-state index in [1.165, 1.54) is 26.1 Å². The fraction of sp³-hybridized carbons (Fsp3) is 0.733. The quantitative estimate of drug-likeness (QED) is 0.882. The lowest BCUT2D eigenvalue weighted by molar-refractivity contribution is 0.200. The zero-order valence-corrected chi connectivity index (χ0v) is 12.4. The highest BCUT2D eigenvalue weighted by molar-refractivity contribution is 5.02. The molecule has 0 radical (unpaired) electrons. The minimum Gasteiger partial charge on any atom is -0.468 e. The van der Waals surface area contributed by atoms with Gasteiger partial charge < -0.3 is 14.6 Å². The summed E-state index contributed by atoms with van der Waals surface area (Å²) in [5.74, 6) is 1.02. The average molecular weight is 265 g/mol. The van der Waals surface area contributed by atoms with Crippen molar-refractivity contribution >= 4 is 0 Å². The fourth-order valence-electron chi connectivity index (χ4n) is 2.82. The zero-order valence-electron chi connectivity index (χ0n) is 12.4. The van der Waals surface area contributed by atoms with Crippen molar-refractivity contribution in [2.75, 3.05) is 39.8 Å². The van der Waals surface area contributed by atoms with Gasteiger partial charge in [-0.05, 0) is 52.5 Å². The number of hydrogen-bond donors (Lipinski definition) is 1. The van der Waals surface area contributed by atoms with Crippen molar-refractivity contribution < 1.29 is 4.42 Å². The highest BCUT2D eigenvalue weighted by atomic mass is 16.3. The monoisotopic (exact) mass is 265 g/mol. The molecule has 108 valence electrons. The van der Waals surface area contributed by atoms with E-state index in [0.717, 1.165) is 18.8 Å². The normalized spacial score (nSPS) is 24.3. The van der Waals surface area contributed by atoms with Crippen LogP contribution in [0.4, 0.5) is 0 Å². The van der Waals surface area contributed by atoms with E-state index in [4.69, 9.17) is 4.42 Å². The van der Waals surface area contributed by atoms with Crippen LogP contribution in [0.5, 0.6) is 0 Å². The van der Waals surface area contributed by atoms with E-state index in [1.807, 2.05) is 12.1 Å². The molecule has 4 nitrogen and oxygen atoms in total. The van der Waals surface area contributed by atoms with Crippen molar-refractivity contribution in [3.63, 3.8) is 0 Å². The summed E-state index contributed by atoms with van der Waals surface area (Å²) in [5, 5.41) is 3.54. The average Bonchev–Trinajstić information content (AvgIpc) is 2.85. The van der Waals surface area contributed by atoms with Crippen LogP contribution >= 0.6 is 0 Å². The van der Waals surface area contributed by atoms with Crippen LogP contribution in [-0.4, -0.2) is 55.6 Å². The van der Waals surface area contributed by atoms with Gasteiger partial charge in [-0.2, -0.15) is 0 Å². The molecular weight excluding hydrogens is 238 g/mol. The number of furan rings is 1. The van der Waals surface area contributed by atoms with Crippen molar-refractivity contribution in [1.29, 1.82) is 0 Å². The highest BCUT2D eigenvalue weighted by Crippen LogP contribution is 2.12. The molecule has 0 aromatic carbocycles. The van der Waals surface area contributed by atoms with Crippen LogP contribution in [0.2, 0.25) is 0 Å². The van der Waals surface area contributed by atoms with Crippen molar-refractivity contribution in [2.45, 2.75) is 32.4 Å². The molecule has 0 bridgehead atoms. The van der Waals surface area contributed by atoms with Gasteiger partial charge in [-0.1, -0.05) is 0 Å². The van der Waals surface area contributed by atoms with Crippen LogP contribution in [0, 0.1) is 0 Å². The molecule has 1 aromatic rings. The molecule has 2 rings (SSSR count). The van der Waals surface area contributed by atoms with Crippen molar-refractivity contribution in [3.05, 3.63) is 24.2 Å². The third-order valence-corrected chi connectivity index (χ3v) is 4.00. The van der Waals surface area contributed by atoms with Crippen molar-refractivity contribution in [2.24, 2.45) is 0 Å². The van der Waals surface area contributed by atoms with Crippen LogP contribution in [0.25, 0.3) is 0 Å². The lowest BCUT2D eigenvalue weighted by atomic mass is 10.2. The van der Waals surface area contributed by atoms with Crippen molar-refractivity contribution in [1.82, 2.24) is 15.1 Å². The van der Waals surface area contributed by atoms with Gasteiger partial charge in [0, 0.05) is 25.7 Å². The number of rotatable bonds is 5. The van der Waals surface area contributed by atoms with Gasteiger partial charge in [0.1, 0.15) is 5.76 Å². The first-order chi connectivity index (χ1) is 9.16. The Balaban J connectivity index is 1.72. The molecule has 0 saturated carbocycles. The molecule has 2 unspecified atom stereocenters.